The van der Waals surface area contributed by atoms with Gasteiger partial charge in [-0.25, -0.2) is 13.1 Å². The van der Waals surface area contributed by atoms with Gasteiger partial charge in [0.1, 0.15) is 0 Å². The lowest BCUT2D eigenvalue weighted by Gasteiger charge is -2.33. The molecule has 2 unspecified atom stereocenters. The lowest BCUT2D eigenvalue weighted by Crippen LogP contribution is -2.43. The van der Waals surface area contributed by atoms with Gasteiger partial charge in [0.05, 0.1) is 11.9 Å². The summed E-state index contributed by atoms with van der Waals surface area (Å²) in [6.45, 7) is 6.84. The summed E-state index contributed by atoms with van der Waals surface area (Å²) >= 11 is 0. The second kappa shape index (κ2) is 12.6. The molecule has 2 rings (SSSR count). The van der Waals surface area contributed by atoms with E-state index in [1.54, 1.807) is 7.05 Å². The van der Waals surface area contributed by atoms with Crippen molar-refractivity contribution in [2.75, 3.05) is 52.1 Å². The van der Waals surface area contributed by atoms with Gasteiger partial charge in [-0.1, -0.05) is 6.42 Å². The van der Waals surface area contributed by atoms with Crippen molar-refractivity contribution in [3.8, 4) is 0 Å². The molecule has 28 heavy (non-hydrogen) atoms. The van der Waals surface area contributed by atoms with Gasteiger partial charge in [0, 0.05) is 45.9 Å². The predicted molar refractivity (Wildman–Crippen MR) is 114 cm³/mol. The summed E-state index contributed by atoms with van der Waals surface area (Å²) in [4.78, 5) is 6.72. The molecule has 0 spiro atoms. The van der Waals surface area contributed by atoms with E-state index >= 15 is 0 Å². The van der Waals surface area contributed by atoms with Gasteiger partial charge in [0.2, 0.25) is 10.0 Å². The highest BCUT2D eigenvalue weighted by molar-refractivity contribution is 7.89. The van der Waals surface area contributed by atoms with Crippen molar-refractivity contribution >= 4 is 16.0 Å². The van der Waals surface area contributed by atoms with Crippen molar-refractivity contribution in [1.29, 1.82) is 0 Å². The van der Waals surface area contributed by atoms with Gasteiger partial charge in [-0.2, -0.15) is 0 Å². The van der Waals surface area contributed by atoms with Gasteiger partial charge >= 0.3 is 0 Å². The predicted octanol–water partition coefficient (Wildman–Crippen LogP) is 0.904. The lowest BCUT2D eigenvalue weighted by molar-refractivity contribution is 0.0200. The van der Waals surface area contributed by atoms with Gasteiger partial charge in [-0.05, 0) is 52.0 Å². The van der Waals surface area contributed by atoms with Crippen LogP contribution in [0.25, 0.3) is 0 Å². The smallest absolute Gasteiger partial charge is 0.213 e. The molecule has 2 heterocycles. The summed E-state index contributed by atoms with van der Waals surface area (Å²) in [5.41, 5.74) is 0. The van der Waals surface area contributed by atoms with Crippen LogP contribution >= 0.6 is 0 Å². The van der Waals surface area contributed by atoms with E-state index in [1.165, 1.54) is 25.8 Å². The minimum Gasteiger partial charge on any atom is -0.377 e. The van der Waals surface area contributed by atoms with Crippen LogP contribution in [-0.4, -0.2) is 83.6 Å². The number of likely N-dealkylation sites (tertiary alicyclic amines) is 1. The zero-order chi connectivity index (χ0) is 20.2. The maximum Gasteiger partial charge on any atom is 0.213 e. The molecule has 0 bridgehead atoms. The largest absolute Gasteiger partial charge is 0.377 e. The molecule has 2 atom stereocenters. The van der Waals surface area contributed by atoms with Crippen LogP contribution < -0.4 is 15.4 Å². The number of nitrogens with one attached hydrogen (secondary N) is 3. The first-order valence-corrected chi connectivity index (χ1v) is 12.4. The number of guanidine groups is 1. The van der Waals surface area contributed by atoms with Crippen LogP contribution in [0.3, 0.4) is 0 Å². The fraction of sp³-hybridized carbons (Fsp3) is 0.947. The molecule has 2 aliphatic heterocycles. The SMILES string of the molecule is CN=C(NCCCN1CCCCC1C)NCCS(=O)(=O)NCC1CCCCO1. The highest BCUT2D eigenvalue weighted by Gasteiger charge is 2.18. The minimum absolute atomic E-state index is 0.00791. The van der Waals surface area contributed by atoms with Gasteiger partial charge < -0.3 is 20.3 Å². The Hall–Kier alpha value is -0.900. The molecule has 0 aliphatic carbocycles. The Morgan fingerprint density at radius 3 is 2.64 bits per heavy atom. The van der Waals surface area contributed by atoms with Crippen molar-refractivity contribution < 1.29 is 13.2 Å². The quantitative estimate of drug-likeness (QED) is 0.278. The van der Waals surface area contributed by atoms with E-state index in [-0.39, 0.29) is 11.9 Å². The van der Waals surface area contributed by atoms with Crippen LogP contribution in [-0.2, 0) is 14.8 Å². The molecule has 9 heteroatoms. The highest BCUT2D eigenvalue weighted by Crippen LogP contribution is 2.16. The number of hydrogen-bond donors (Lipinski definition) is 3. The zero-order valence-corrected chi connectivity index (χ0v) is 18.4. The Kier molecular flexibility index (Phi) is 10.5. The van der Waals surface area contributed by atoms with Gasteiger partial charge in [0.15, 0.2) is 5.96 Å². The molecule has 0 aromatic rings. The maximum atomic E-state index is 12.1. The van der Waals surface area contributed by atoms with Crippen LogP contribution in [0.4, 0.5) is 0 Å². The first-order chi connectivity index (χ1) is 13.5. The van der Waals surface area contributed by atoms with E-state index in [0.29, 0.717) is 25.1 Å². The Morgan fingerprint density at radius 2 is 1.93 bits per heavy atom. The molecular formula is C19H39N5O3S. The topological polar surface area (TPSA) is 95.1 Å². The summed E-state index contributed by atoms with van der Waals surface area (Å²) in [6, 6.07) is 0.683. The van der Waals surface area contributed by atoms with E-state index in [2.05, 4.69) is 32.2 Å². The number of rotatable bonds is 10. The Morgan fingerprint density at radius 1 is 1.14 bits per heavy atom. The highest BCUT2D eigenvalue weighted by atomic mass is 32.2. The van der Waals surface area contributed by atoms with Crippen LogP contribution in [0.15, 0.2) is 4.99 Å². The Labute approximate surface area is 170 Å². The Balaban J connectivity index is 1.56. The van der Waals surface area contributed by atoms with Crippen molar-refractivity contribution in [3.63, 3.8) is 0 Å². The monoisotopic (exact) mass is 417 g/mol. The fourth-order valence-electron chi connectivity index (χ4n) is 3.76. The third-order valence-electron chi connectivity index (χ3n) is 5.55. The molecule has 2 fully saturated rings. The standard InChI is InChI=1S/C19H39N5O3S/c1-17-8-3-5-12-24(17)13-7-10-21-19(20-2)22-11-15-28(25,26)23-16-18-9-4-6-14-27-18/h17-18,23H,3-16H2,1-2H3,(H2,20,21,22). The van der Waals surface area contributed by atoms with Crippen LogP contribution in [0, 0.1) is 0 Å². The molecule has 0 amide bonds. The molecule has 0 saturated carbocycles. The van der Waals surface area contributed by atoms with Crippen molar-refractivity contribution in [2.45, 2.75) is 64.0 Å². The van der Waals surface area contributed by atoms with Gasteiger partial charge in [-0.3, -0.25) is 4.99 Å². The molecule has 0 aromatic heterocycles. The van der Waals surface area contributed by atoms with Crippen LogP contribution in [0.5, 0.6) is 0 Å². The summed E-state index contributed by atoms with van der Waals surface area (Å²) in [5.74, 6) is 0.670. The van der Waals surface area contributed by atoms with E-state index < -0.39 is 10.0 Å². The Bertz CT molecular complexity index is 564. The van der Waals surface area contributed by atoms with Crippen molar-refractivity contribution in [2.24, 2.45) is 4.99 Å². The second-order valence-electron chi connectivity index (χ2n) is 7.82. The summed E-state index contributed by atoms with van der Waals surface area (Å²) in [5, 5.41) is 6.36. The zero-order valence-electron chi connectivity index (χ0n) is 17.6. The first kappa shape index (κ1) is 23.4. The van der Waals surface area contributed by atoms with Crippen molar-refractivity contribution in [1.82, 2.24) is 20.3 Å². The third kappa shape index (κ3) is 9.07. The van der Waals surface area contributed by atoms with Gasteiger partial charge in [0.25, 0.3) is 0 Å². The average molecular weight is 418 g/mol. The van der Waals surface area contributed by atoms with E-state index in [9.17, 15) is 8.42 Å². The molecule has 164 valence electrons. The summed E-state index contributed by atoms with van der Waals surface area (Å²) in [7, 11) is -1.61. The number of sulfonamides is 1. The number of ether oxygens (including phenoxy) is 1. The van der Waals surface area contributed by atoms with E-state index in [4.69, 9.17) is 4.74 Å². The summed E-state index contributed by atoms with van der Waals surface area (Å²) in [6.07, 6.45) is 8.09. The number of aliphatic imine (C=N–C) groups is 1. The average Bonchev–Trinajstić information content (AvgIpc) is 2.70. The number of piperidine rings is 1. The van der Waals surface area contributed by atoms with Crippen molar-refractivity contribution in [3.05, 3.63) is 0 Å². The second-order valence-corrected chi connectivity index (χ2v) is 9.74. The number of hydrogen-bond acceptors (Lipinski definition) is 5. The molecule has 8 nitrogen and oxygen atoms in total. The third-order valence-corrected chi connectivity index (χ3v) is 6.89. The number of nitrogens with zero attached hydrogens (tertiary/aromatic N) is 2. The maximum absolute atomic E-state index is 12.1. The first-order valence-electron chi connectivity index (χ1n) is 10.8. The fourth-order valence-corrected chi connectivity index (χ4v) is 4.72. The lowest BCUT2D eigenvalue weighted by atomic mass is 10.0. The molecule has 3 N–H and O–H groups in total. The molecule has 2 saturated heterocycles. The van der Waals surface area contributed by atoms with E-state index in [0.717, 1.165) is 45.4 Å². The summed E-state index contributed by atoms with van der Waals surface area (Å²) < 4.78 is 32.5. The molecule has 0 aromatic carbocycles. The molecular weight excluding hydrogens is 378 g/mol. The minimum atomic E-state index is -3.31. The molecule has 2 aliphatic rings. The normalized spacial score (nSPS) is 24.9. The van der Waals surface area contributed by atoms with Crippen LogP contribution in [0.1, 0.15) is 51.9 Å². The van der Waals surface area contributed by atoms with Crippen LogP contribution in [0.2, 0.25) is 0 Å². The molecule has 0 radical (unpaired) electrons. The van der Waals surface area contributed by atoms with E-state index in [1.807, 2.05) is 0 Å². The van der Waals surface area contributed by atoms with Gasteiger partial charge in [-0.15, -0.1) is 0 Å².